The van der Waals surface area contributed by atoms with Gasteiger partial charge in [0.1, 0.15) is 5.75 Å². The Bertz CT molecular complexity index is 664. The fourth-order valence-electron chi connectivity index (χ4n) is 2.41. The molecular weight excluding hydrogens is 300 g/mol. The smallest absolute Gasteiger partial charge is 0.243 e. The average Bonchev–Trinajstić information content (AvgIpc) is 2.54. The Morgan fingerprint density at radius 2 is 1.67 bits per heavy atom. The third-order valence-electron chi connectivity index (χ3n) is 3.54. The van der Waals surface area contributed by atoms with E-state index < -0.39 is 0 Å². The maximum Gasteiger partial charge on any atom is 0.243 e. The van der Waals surface area contributed by atoms with Crippen LogP contribution in [-0.2, 0) is 4.79 Å². The van der Waals surface area contributed by atoms with Crippen LogP contribution in [0.5, 0.6) is 5.75 Å². The van der Waals surface area contributed by atoms with Gasteiger partial charge in [0.05, 0.1) is 12.6 Å². The average molecular weight is 326 g/mol. The summed E-state index contributed by atoms with van der Waals surface area (Å²) in [5.41, 5.74) is 2.90. The summed E-state index contributed by atoms with van der Waals surface area (Å²) in [5, 5.41) is 6.10. The molecule has 2 aromatic rings. The van der Waals surface area contributed by atoms with Crippen LogP contribution >= 0.6 is 0 Å². The molecule has 4 nitrogen and oxygen atoms in total. The molecule has 0 aliphatic heterocycles. The number of rotatable bonds is 7. The SMILES string of the molecule is CC(C)Oc1ccc(NCC(=O)Nc2ccccc2C(C)C)cc1. The number of ether oxygens (including phenoxy) is 1. The van der Waals surface area contributed by atoms with E-state index in [1.165, 1.54) is 0 Å². The number of hydrogen-bond acceptors (Lipinski definition) is 3. The summed E-state index contributed by atoms with van der Waals surface area (Å²) in [6, 6.07) is 15.5. The Morgan fingerprint density at radius 1 is 1.00 bits per heavy atom. The molecule has 0 aromatic heterocycles. The molecule has 0 fully saturated rings. The first-order chi connectivity index (χ1) is 11.5. The third kappa shape index (κ3) is 5.30. The van der Waals surface area contributed by atoms with E-state index in [2.05, 4.69) is 24.5 Å². The van der Waals surface area contributed by atoms with Crippen molar-refractivity contribution >= 4 is 17.3 Å². The molecule has 1 amide bonds. The molecule has 0 unspecified atom stereocenters. The Kier molecular flexibility index (Phi) is 6.24. The van der Waals surface area contributed by atoms with Gasteiger partial charge < -0.3 is 15.4 Å². The van der Waals surface area contributed by atoms with Crippen LogP contribution in [0, 0.1) is 0 Å². The zero-order valence-electron chi connectivity index (χ0n) is 14.8. The third-order valence-corrected chi connectivity index (χ3v) is 3.54. The summed E-state index contributed by atoms with van der Waals surface area (Å²) in [5.74, 6) is 1.12. The van der Waals surface area contributed by atoms with Crippen molar-refractivity contribution in [2.24, 2.45) is 0 Å². The lowest BCUT2D eigenvalue weighted by Gasteiger charge is -2.14. The van der Waals surface area contributed by atoms with Crippen molar-refractivity contribution < 1.29 is 9.53 Å². The molecule has 24 heavy (non-hydrogen) atoms. The van der Waals surface area contributed by atoms with Gasteiger partial charge in [0.25, 0.3) is 0 Å². The van der Waals surface area contributed by atoms with Gasteiger partial charge in [0.2, 0.25) is 5.91 Å². The number of carbonyl (C=O) groups excluding carboxylic acids is 1. The quantitative estimate of drug-likeness (QED) is 0.779. The number of nitrogens with one attached hydrogen (secondary N) is 2. The highest BCUT2D eigenvalue weighted by atomic mass is 16.5. The molecule has 0 bridgehead atoms. The lowest BCUT2D eigenvalue weighted by atomic mass is 10.0. The zero-order valence-corrected chi connectivity index (χ0v) is 14.8. The minimum absolute atomic E-state index is 0.0643. The van der Waals surface area contributed by atoms with Crippen LogP contribution in [0.2, 0.25) is 0 Å². The summed E-state index contributed by atoms with van der Waals surface area (Å²) < 4.78 is 5.60. The van der Waals surface area contributed by atoms with Crippen molar-refractivity contribution in [3.63, 3.8) is 0 Å². The van der Waals surface area contributed by atoms with Crippen LogP contribution in [0.4, 0.5) is 11.4 Å². The van der Waals surface area contributed by atoms with Gasteiger partial charge in [-0.25, -0.2) is 0 Å². The highest BCUT2D eigenvalue weighted by Gasteiger charge is 2.09. The molecular formula is C20H26N2O2. The first kappa shape index (κ1) is 17.9. The van der Waals surface area contributed by atoms with E-state index in [0.717, 1.165) is 22.7 Å². The van der Waals surface area contributed by atoms with Gasteiger partial charge in [-0.1, -0.05) is 32.0 Å². The van der Waals surface area contributed by atoms with Gasteiger partial charge >= 0.3 is 0 Å². The number of carbonyl (C=O) groups is 1. The van der Waals surface area contributed by atoms with E-state index in [9.17, 15) is 4.79 Å². The van der Waals surface area contributed by atoms with Crippen molar-refractivity contribution in [3.8, 4) is 5.75 Å². The minimum atomic E-state index is -0.0643. The van der Waals surface area contributed by atoms with E-state index in [0.29, 0.717) is 5.92 Å². The molecule has 0 aliphatic carbocycles. The van der Waals surface area contributed by atoms with E-state index in [1.54, 1.807) is 0 Å². The fourth-order valence-corrected chi connectivity index (χ4v) is 2.41. The Morgan fingerprint density at radius 3 is 2.29 bits per heavy atom. The first-order valence-electron chi connectivity index (χ1n) is 8.35. The molecule has 4 heteroatoms. The molecule has 128 valence electrons. The number of amides is 1. The highest BCUT2D eigenvalue weighted by molar-refractivity contribution is 5.94. The summed E-state index contributed by atoms with van der Waals surface area (Å²) in [7, 11) is 0. The van der Waals surface area contributed by atoms with Gasteiger partial charge in [-0.15, -0.1) is 0 Å². The van der Waals surface area contributed by atoms with E-state index in [-0.39, 0.29) is 18.6 Å². The first-order valence-corrected chi connectivity index (χ1v) is 8.35. The number of para-hydroxylation sites is 1. The van der Waals surface area contributed by atoms with E-state index in [4.69, 9.17) is 4.74 Å². The van der Waals surface area contributed by atoms with Crippen molar-refractivity contribution in [2.75, 3.05) is 17.2 Å². The molecule has 0 radical (unpaired) electrons. The monoisotopic (exact) mass is 326 g/mol. The maximum absolute atomic E-state index is 12.2. The molecule has 0 heterocycles. The van der Waals surface area contributed by atoms with E-state index in [1.807, 2.05) is 62.4 Å². The Balaban J connectivity index is 1.89. The Labute approximate surface area is 144 Å². The predicted octanol–water partition coefficient (Wildman–Crippen LogP) is 4.65. The fraction of sp³-hybridized carbons (Fsp3) is 0.350. The molecule has 0 aliphatic rings. The van der Waals surface area contributed by atoms with E-state index >= 15 is 0 Å². The predicted molar refractivity (Wildman–Crippen MR) is 99.9 cm³/mol. The summed E-state index contributed by atoms with van der Waals surface area (Å²) in [6.07, 6.45) is 0.149. The minimum Gasteiger partial charge on any atom is -0.491 e. The molecule has 0 saturated heterocycles. The second-order valence-electron chi connectivity index (χ2n) is 6.33. The molecule has 0 spiro atoms. The van der Waals surface area contributed by atoms with Crippen molar-refractivity contribution in [1.29, 1.82) is 0 Å². The molecule has 2 N–H and O–H groups in total. The van der Waals surface area contributed by atoms with Crippen molar-refractivity contribution in [1.82, 2.24) is 0 Å². The number of benzene rings is 2. The normalized spacial score (nSPS) is 10.8. The van der Waals surface area contributed by atoms with Crippen LogP contribution in [0.15, 0.2) is 48.5 Å². The lowest BCUT2D eigenvalue weighted by Crippen LogP contribution is -2.22. The van der Waals surface area contributed by atoms with Gasteiger partial charge in [-0.05, 0) is 55.7 Å². The van der Waals surface area contributed by atoms with Crippen molar-refractivity contribution in [2.45, 2.75) is 39.7 Å². The van der Waals surface area contributed by atoms with Crippen LogP contribution in [0.1, 0.15) is 39.2 Å². The molecule has 2 rings (SSSR count). The van der Waals surface area contributed by atoms with Crippen molar-refractivity contribution in [3.05, 3.63) is 54.1 Å². The van der Waals surface area contributed by atoms with Gasteiger partial charge in [0, 0.05) is 11.4 Å². The second kappa shape index (κ2) is 8.39. The van der Waals surface area contributed by atoms with Crippen LogP contribution < -0.4 is 15.4 Å². The Hall–Kier alpha value is -2.49. The lowest BCUT2D eigenvalue weighted by molar-refractivity contribution is -0.114. The number of hydrogen-bond donors (Lipinski definition) is 2. The number of anilines is 2. The maximum atomic E-state index is 12.2. The van der Waals surface area contributed by atoms with Crippen LogP contribution in [0.25, 0.3) is 0 Å². The molecule has 0 saturated carbocycles. The summed E-state index contributed by atoms with van der Waals surface area (Å²) in [6.45, 7) is 8.43. The van der Waals surface area contributed by atoms with Gasteiger partial charge in [0.15, 0.2) is 0 Å². The van der Waals surface area contributed by atoms with Gasteiger partial charge in [-0.3, -0.25) is 4.79 Å². The highest BCUT2D eigenvalue weighted by Crippen LogP contribution is 2.23. The zero-order chi connectivity index (χ0) is 17.5. The summed E-state index contributed by atoms with van der Waals surface area (Å²) in [4.78, 5) is 12.2. The molecule has 0 atom stereocenters. The largest absolute Gasteiger partial charge is 0.491 e. The van der Waals surface area contributed by atoms with Crippen LogP contribution in [-0.4, -0.2) is 18.6 Å². The standard InChI is InChI=1S/C20H26N2O2/c1-14(2)18-7-5-6-8-19(18)22-20(23)13-21-16-9-11-17(12-10-16)24-15(3)4/h5-12,14-15,21H,13H2,1-4H3,(H,22,23). The topological polar surface area (TPSA) is 50.4 Å². The van der Waals surface area contributed by atoms with Gasteiger partial charge in [-0.2, -0.15) is 0 Å². The van der Waals surface area contributed by atoms with Crippen LogP contribution in [0.3, 0.4) is 0 Å². The second-order valence-corrected chi connectivity index (χ2v) is 6.33. The summed E-state index contributed by atoms with van der Waals surface area (Å²) >= 11 is 0. The molecule has 2 aromatic carbocycles.